The molecule has 0 unspecified atom stereocenters. The second kappa shape index (κ2) is 5.82. The van der Waals surface area contributed by atoms with Crippen LogP contribution in [0.3, 0.4) is 0 Å². The van der Waals surface area contributed by atoms with Crippen LogP contribution in [0, 0.1) is 0 Å². The van der Waals surface area contributed by atoms with Gasteiger partial charge < -0.3 is 15.8 Å². The summed E-state index contributed by atoms with van der Waals surface area (Å²) in [5, 5.41) is 3.31. The number of carbonyl (C=O) groups excluding carboxylic acids is 1. The molecule has 0 aromatic carbocycles. The van der Waals surface area contributed by atoms with Crippen LogP contribution in [0.5, 0.6) is 0 Å². The Balaban J connectivity index is 2.06. The first-order valence-electron chi connectivity index (χ1n) is 6.27. The van der Waals surface area contributed by atoms with Crippen molar-refractivity contribution in [2.75, 3.05) is 12.4 Å². The second-order valence-corrected chi connectivity index (χ2v) is 4.62. The number of hydrogen-bond donors (Lipinski definition) is 2. The zero-order valence-corrected chi connectivity index (χ0v) is 10.6. The molecule has 0 bridgehead atoms. The van der Waals surface area contributed by atoms with Gasteiger partial charge in [-0.15, -0.1) is 0 Å². The van der Waals surface area contributed by atoms with Crippen LogP contribution in [0.1, 0.15) is 36.0 Å². The standard InChI is InChI=1S/C13H19N3O2/c1-18-13(17)9-6-7-15-12(8-9)16-11-5-3-2-4-10(11)14/h6-8,10-11H,2-5,14H2,1H3,(H,15,16)/t10-,11-/m1/s1. The monoisotopic (exact) mass is 249 g/mol. The summed E-state index contributed by atoms with van der Waals surface area (Å²) in [5.41, 5.74) is 6.57. The maximum absolute atomic E-state index is 11.4. The average molecular weight is 249 g/mol. The van der Waals surface area contributed by atoms with Crippen molar-refractivity contribution in [2.24, 2.45) is 5.73 Å². The molecule has 1 saturated carbocycles. The van der Waals surface area contributed by atoms with Crippen LogP contribution in [0.25, 0.3) is 0 Å². The topological polar surface area (TPSA) is 77.2 Å². The smallest absolute Gasteiger partial charge is 0.338 e. The van der Waals surface area contributed by atoms with Crippen LogP contribution < -0.4 is 11.1 Å². The summed E-state index contributed by atoms with van der Waals surface area (Å²) in [4.78, 5) is 15.6. The van der Waals surface area contributed by atoms with Gasteiger partial charge in [0.25, 0.3) is 0 Å². The third-order valence-electron chi connectivity index (χ3n) is 3.33. The van der Waals surface area contributed by atoms with Crippen LogP contribution >= 0.6 is 0 Å². The molecule has 1 fully saturated rings. The van der Waals surface area contributed by atoms with E-state index >= 15 is 0 Å². The Morgan fingerprint density at radius 1 is 1.50 bits per heavy atom. The molecule has 0 spiro atoms. The molecule has 3 N–H and O–H groups in total. The maximum Gasteiger partial charge on any atom is 0.338 e. The number of nitrogens with one attached hydrogen (secondary N) is 1. The van der Waals surface area contributed by atoms with E-state index in [0.29, 0.717) is 11.4 Å². The number of rotatable bonds is 3. The fourth-order valence-electron chi connectivity index (χ4n) is 2.28. The third kappa shape index (κ3) is 2.98. The van der Waals surface area contributed by atoms with Crippen molar-refractivity contribution < 1.29 is 9.53 Å². The van der Waals surface area contributed by atoms with E-state index in [2.05, 4.69) is 15.0 Å². The van der Waals surface area contributed by atoms with Gasteiger partial charge in [-0.1, -0.05) is 12.8 Å². The van der Waals surface area contributed by atoms with Crippen LogP contribution in [-0.4, -0.2) is 30.1 Å². The summed E-state index contributed by atoms with van der Waals surface area (Å²) < 4.78 is 4.68. The zero-order valence-electron chi connectivity index (χ0n) is 10.6. The SMILES string of the molecule is COC(=O)c1ccnc(N[C@@H]2CCCC[C@H]2N)c1. The fourth-order valence-corrected chi connectivity index (χ4v) is 2.28. The van der Waals surface area contributed by atoms with Gasteiger partial charge in [0.1, 0.15) is 5.82 Å². The number of hydrogen-bond acceptors (Lipinski definition) is 5. The minimum absolute atomic E-state index is 0.155. The number of carbonyl (C=O) groups is 1. The Hall–Kier alpha value is -1.62. The van der Waals surface area contributed by atoms with Crippen molar-refractivity contribution >= 4 is 11.8 Å². The zero-order chi connectivity index (χ0) is 13.0. The normalized spacial score (nSPS) is 23.4. The van der Waals surface area contributed by atoms with E-state index in [-0.39, 0.29) is 18.1 Å². The van der Waals surface area contributed by atoms with Gasteiger partial charge in [-0.3, -0.25) is 0 Å². The van der Waals surface area contributed by atoms with Gasteiger partial charge in [-0.2, -0.15) is 0 Å². The van der Waals surface area contributed by atoms with Crippen molar-refractivity contribution in [1.82, 2.24) is 4.98 Å². The Labute approximate surface area is 107 Å². The first kappa shape index (κ1) is 12.8. The maximum atomic E-state index is 11.4. The third-order valence-corrected chi connectivity index (χ3v) is 3.33. The molecule has 1 aromatic heterocycles. The van der Waals surface area contributed by atoms with Gasteiger partial charge in [-0.05, 0) is 25.0 Å². The molecule has 1 aliphatic rings. The van der Waals surface area contributed by atoms with Gasteiger partial charge in [0.15, 0.2) is 0 Å². The number of ether oxygens (including phenoxy) is 1. The average Bonchev–Trinajstić information content (AvgIpc) is 2.41. The summed E-state index contributed by atoms with van der Waals surface area (Å²) in [7, 11) is 1.37. The summed E-state index contributed by atoms with van der Waals surface area (Å²) in [5.74, 6) is 0.327. The first-order chi connectivity index (χ1) is 8.70. The van der Waals surface area contributed by atoms with E-state index in [1.54, 1.807) is 18.3 Å². The highest BCUT2D eigenvalue weighted by molar-refractivity contribution is 5.89. The van der Waals surface area contributed by atoms with Gasteiger partial charge in [0, 0.05) is 18.3 Å². The molecule has 2 rings (SSSR count). The number of nitrogens with zero attached hydrogens (tertiary/aromatic N) is 1. The summed E-state index contributed by atoms with van der Waals surface area (Å²) in [6, 6.07) is 3.73. The first-order valence-corrected chi connectivity index (χ1v) is 6.27. The lowest BCUT2D eigenvalue weighted by molar-refractivity contribution is 0.0600. The molecular formula is C13H19N3O2. The molecule has 1 aromatic rings. The molecule has 0 amide bonds. The fraction of sp³-hybridized carbons (Fsp3) is 0.538. The number of anilines is 1. The summed E-state index contributed by atoms with van der Waals surface area (Å²) in [6.07, 6.45) is 6.06. The number of esters is 1. The molecule has 1 aliphatic carbocycles. The number of pyridine rings is 1. The van der Waals surface area contributed by atoms with E-state index in [0.717, 1.165) is 12.8 Å². The molecular weight excluding hydrogens is 230 g/mol. The number of aromatic nitrogens is 1. The Morgan fingerprint density at radius 3 is 3.00 bits per heavy atom. The van der Waals surface area contributed by atoms with E-state index in [1.807, 2.05) is 0 Å². The minimum atomic E-state index is -0.353. The van der Waals surface area contributed by atoms with Crippen LogP contribution in [-0.2, 0) is 4.74 Å². The molecule has 98 valence electrons. The Bertz CT molecular complexity index is 422. The molecule has 2 atom stereocenters. The Morgan fingerprint density at radius 2 is 2.28 bits per heavy atom. The largest absolute Gasteiger partial charge is 0.465 e. The van der Waals surface area contributed by atoms with Gasteiger partial charge in [0.05, 0.1) is 12.7 Å². The van der Waals surface area contributed by atoms with Crippen molar-refractivity contribution in [3.05, 3.63) is 23.9 Å². The van der Waals surface area contributed by atoms with Crippen molar-refractivity contribution in [3.8, 4) is 0 Å². The summed E-state index contributed by atoms with van der Waals surface area (Å²) in [6.45, 7) is 0. The highest BCUT2D eigenvalue weighted by Crippen LogP contribution is 2.20. The Kier molecular flexibility index (Phi) is 4.15. The van der Waals surface area contributed by atoms with Crippen molar-refractivity contribution in [2.45, 2.75) is 37.8 Å². The highest BCUT2D eigenvalue weighted by Gasteiger charge is 2.22. The van der Waals surface area contributed by atoms with Crippen LogP contribution in [0.4, 0.5) is 5.82 Å². The molecule has 0 saturated heterocycles. The van der Waals surface area contributed by atoms with E-state index in [1.165, 1.54) is 20.0 Å². The molecule has 0 aliphatic heterocycles. The predicted octanol–water partition coefficient (Wildman–Crippen LogP) is 1.55. The molecule has 0 radical (unpaired) electrons. The highest BCUT2D eigenvalue weighted by atomic mass is 16.5. The van der Waals surface area contributed by atoms with Crippen molar-refractivity contribution in [3.63, 3.8) is 0 Å². The molecule has 5 heteroatoms. The van der Waals surface area contributed by atoms with Gasteiger partial charge in [-0.25, -0.2) is 9.78 Å². The van der Waals surface area contributed by atoms with E-state index < -0.39 is 0 Å². The van der Waals surface area contributed by atoms with Crippen LogP contribution in [0.2, 0.25) is 0 Å². The van der Waals surface area contributed by atoms with Crippen molar-refractivity contribution in [1.29, 1.82) is 0 Å². The lowest BCUT2D eigenvalue weighted by Gasteiger charge is -2.29. The summed E-state index contributed by atoms with van der Waals surface area (Å²) >= 11 is 0. The second-order valence-electron chi connectivity index (χ2n) is 4.62. The lowest BCUT2D eigenvalue weighted by atomic mass is 9.91. The molecule has 5 nitrogen and oxygen atoms in total. The van der Waals surface area contributed by atoms with E-state index in [4.69, 9.17) is 5.73 Å². The van der Waals surface area contributed by atoms with E-state index in [9.17, 15) is 4.79 Å². The molecule has 18 heavy (non-hydrogen) atoms. The lowest BCUT2D eigenvalue weighted by Crippen LogP contribution is -2.42. The number of nitrogens with two attached hydrogens (primary N) is 1. The molecule has 1 heterocycles. The number of methoxy groups -OCH3 is 1. The van der Waals surface area contributed by atoms with Gasteiger partial charge >= 0.3 is 5.97 Å². The minimum Gasteiger partial charge on any atom is -0.465 e. The predicted molar refractivity (Wildman–Crippen MR) is 69.4 cm³/mol. The quantitative estimate of drug-likeness (QED) is 0.795. The van der Waals surface area contributed by atoms with Gasteiger partial charge in [0.2, 0.25) is 0 Å². The van der Waals surface area contributed by atoms with Crippen LogP contribution in [0.15, 0.2) is 18.3 Å².